The van der Waals surface area contributed by atoms with Crippen molar-refractivity contribution in [3.8, 4) is 39.8 Å². The van der Waals surface area contributed by atoms with E-state index in [0.29, 0.717) is 0 Å². The van der Waals surface area contributed by atoms with Gasteiger partial charge in [0.05, 0.1) is 7.11 Å². The number of ether oxygens (including phenoxy) is 1. The number of nitrogens with zero attached hydrogens (tertiary/aromatic N) is 2. The smallest absolute Gasteiger partial charge is 0.171 e. The Hall–Kier alpha value is -3.34. The first-order chi connectivity index (χ1) is 14.8. The fourth-order valence-corrected chi connectivity index (χ4v) is 4.82. The molecule has 0 amide bonds. The minimum atomic E-state index is 0.824. The quantitative estimate of drug-likeness (QED) is 0.460. The van der Waals surface area contributed by atoms with Gasteiger partial charge in [-0.1, -0.05) is 35.4 Å². The van der Waals surface area contributed by atoms with Crippen molar-refractivity contribution in [1.82, 2.24) is 10.3 Å². The highest BCUT2D eigenvalue weighted by molar-refractivity contribution is 5.80. The van der Waals surface area contributed by atoms with Crippen molar-refractivity contribution in [3.63, 3.8) is 0 Å². The van der Waals surface area contributed by atoms with Gasteiger partial charge < -0.3 is 13.8 Å². The fourth-order valence-electron chi connectivity index (χ4n) is 4.82. The molecule has 2 aromatic carbocycles. The highest BCUT2D eigenvalue weighted by Crippen LogP contribution is 2.44. The second-order valence-corrected chi connectivity index (χ2v) is 8.05. The maximum absolute atomic E-state index is 5.85. The van der Waals surface area contributed by atoms with Crippen molar-refractivity contribution in [2.24, 2.45) is 0 Å². The zero-order chi connectivity index (χ0) is 20.2. The van der Waals surface area contributed by atoms with E-state index >= 15 is 0 Å². The molecule has 0 N–H and O–H groups in total. The van der Waals surface area contributed by atoms with Crippen molar-refractivity contribution >= 4 is 0 Å². The molecule has 0 bridgehead atoms. The molecule has 5 nitrogen and oxygen atoms in total. The molecule has 0 spiro atoms. The molecule has 2 heterocycles. The molecule has 150 valence electrons. The predicted molar refractivity (Wildman–Crippen MR) is 114 cm³/mol. The number of hydrogen-bond acceptors (Lipinski definition) is 5. The van der Waals surface area contributed by atoms with Crippen LogP contribution >= 0.6 is 0 Å². The number of hydrogen-bond donors (Lipinski definition) is 0. The van der Waals surface area contributed by atoms with E-state index in [4.69, 9.17) is 13.8 Å². The second-order valence-electron chi connectivity index (χ2n) is 8.05. The topological polar surface area (TPSA) is 61.3 Å². The number of methoxy groups -OCH3 is 1. The van der Waals surface area contributed by atoms with Crippen molar-refractivity contribution in [3.05, 3.63) is 64.2 Å². The molecule has 0 radical (unpaired) electrons. The van der Waals surface area contributed by atoms with E-state index in [1.807, 2.05) is 6.07 Å². The molecule has 0 aliphatic heterocycles. The zero-order valence-electron chi connectivity index (χ0n) is 17.1. The number of aryl methyl sites for hydroxylation is 3. The number of benzene rings is 2. The molecule has 30 heavy (non-hydrogen) atoms. The summed E-state index contributed by atoms with van der Waals surface area (Å²) in [7, 11) is 1.69. The first-order valence-electron chi connectivity index (χ1n) is 10.5. The average Bonchev–Trinajstić information content (AvgIpc) is 3.42. The highest BCUT2D eigenvalue weighted by Gasteiger charge is 2.31. The normalized spacial score (nSPS) is 13.9. The van der Waals surface area contributed by atoms with Crippen LogP contribution in [-0.4, -0.2) is 17.4 Å². The maximum Gasteiger partial charge on any atom is 0.171 e. The van der Waals surface area contributed by atoms with Crippen LogP contribution in [0.1, 0.15) is 34.7 Å². The molecule has 0 saturated heterocycles. The van der Waals surface area contributed by atoms with Crippen LogP contribution < -0.4 is 4.74 Å². The lowest BCUT2D eigenvalue weighted by molar-refractivity contribution is 0.413. The lowest BCUT2D eigenvalue weighted by atomic mass is 9.85. The van der Waals surface area contributed by atoms with Crippen LogP contribution in [-0.2, 0) is 32.1 Å². The third kappa shape index (κ3) is 2.48. The Balaban J connectivity index is 1.44. The van der Waals surface area contributed by atoms with Gasteiger partial charge in [0, 0.05) is 22.3 Å². The molecule has 0 unspecified atom stereocenters. The summed E-state index contributed by atoms with van der Waals surface area (Å²) in [4.78, 5) is 0. The summed E-state index contributed by atoms with van der Waals surface area (Å²) in [5.74, 6) is 2.59. The molecule has 2 aliphatic rings. The van der Waals surface area contributed by atoms with Crippen LogP contribution in [0.2, 0.25) is 0 Å². The van der Waals surface area contributed by atoms with E-state index in [1.165, 1.54) is 16.7 Å². The van der Waals surface area contributed by atoms with E-state index in [2.05, 4.69) is 47.6 Å². The number of fused-ring (bicyclic) bond motifs is 6. The lowest BCUT2D eigenvalue weighted by Gasteiger charge is -2.17. The molecule has 5 heteroatoms. The van der Waals surface area contributed by atoms with Gasteiger partial charge in [-0.3, -0.25) is 0 Å². The summed E-state index contributed by atoms with van der Waals surface area (Å²) >= 11 is 0. The summed E-state index contributed by atoms with van der Waals surface area (Å²) in [5, 5.41) is 8.90. The molecule has 6 rings (SSSR count). The molecule has 4 aromatic rings. The predicted octanol–water partition coefficient (Wildman–Crippen LogP) is 5.43. The Morgan fingerprint density at radius 2 is 1.40 bits per heavy atom. The molecule has 0 fully saturated rings. The van der Waals surface area contributed by atoms with E-state index in [-0.39, 0.29) is 0 Å². The van der Waals surface area contributed by atoms with Crippen LogP contribution in [0.4, 0.5) is 0 Å². The van der Waals surface area contributed by atoms with Gasteiger partial charge in [-0.25, -0.2) is 0 Å². The summed E-state index contributed by atoms with van der Waals surface area (Å²) in [6, 6.07) is 12.8. The van der Waals surface area contributed by atoms with Gasteiger partial charge in [0.1, 0.15) is 17.1 Å². The zero-order valence-corrected chi connectivity index (χ0v) is 17.1. The van der Waals surface area contributed by atoms with Gasteiger partial charge in [0.25, 0.3) is 0 Å². The van der Waals surface area contributed by atoms with Gasteiger partial charge in [-0.15, -0.1) is 0 Å². The van der Waals surface area contributed by atoms with Gasteiger partial charge in [0.2, 0.25) is 0 Å². The molecular formula is C25H22N2O3. The lowest BCUT2D eigenvalue weighted by Crippen LogP contribution is -2.06. The van der Waals surface area contributed by atoms with Crippen molar-refractivity contribution < 1.29 is 13.8 Å². The molecule has 2 aliphatic carbocycles. The Morgan fingerprint density at radius 3 is 2.00 bits per heavy atom. The molecular weight excluding hydrogens is 376 g/mol. The summed E-state index contributed by atoms with van der Waals surface area (Å²) in [6.45, 7) is 2.19. The van der Waals surface area contributed by atoms with Gasteiger partial charge in [0.15, 0.2) is 11.5 Å². The standard InChI is InChI=1S/C25H22N2O3/c1-3-14-4-8-18-15(12-14)5-9-20-22(26-29-24(18)20)23-21-10-6-16-13-17(28-2)7-11-19(16)25(21)30-27-23/h4,7-8,11-13H,3,5-6,9-10H2,1-2H3. The summed E-state index contributed by atoms with van der Waals surface area (Å²) < 4.78 is 17.1. The van der Waals surface area contributed by atoms with Gasteiger partial charge >= 0.3 is 0 Å². The third-order valence-corrected chi connectivity index (χ3v) is 6.47. The average molecular weight is 398 g/mol. The van der Waals surface area contributed by atoms with Crippen LogP contribution in [0, 0.1) is 0 Å². The van der Waals surface area contributed by atoms with Crippen LogP contribution in [0.3, 0.4) is 0 Å². The highest BCUT2D eigenvalue weighted by atomic mass is 16.5. The van der Waals surface area contributed by atoms with Crippen molar-refractivity contribution in [2.45, 2.75) is 39.0 Å². The Kier molecular flexibility index (Phi) is 3.85. The second kappa shape index (κ2) is 6.59. The summed E-state index contributed by atoms with van der Waals surface area (Å²) in [5.41, 5.74) is 10.1. The van der Waals surface area contributed by atoms with Crippen molar-refractivity contribution in [2.75, 3.05) is 7.11 Å². The number of rotatable bonds is 3. The Bertz CT molecular complexity index is 1180. The maximum atomic E-state index is 5.85. The van der Waals surface area contributed by atoms with Crippen LogP contribution in [0.5, 0.6) is 5.75 Å². The number of aromatic nitrogens is 2. The van der Waals surface area contributed by atoms with Crippen molar-refractivity contribution in [1.29, 1.82) is 0 Å². The largest absolute Gasteiger partial charge is 0.497 e. The minimum absolute atomic E-state index is 0.824. The van der Waals surface area contributed by atoms with Crippen LogP contribution in [0.15, 0.2) is 45.4 Å². The molecule has 2 aromatic heterocycles. The monoisotopic (exact) mass is 398 g/mol. The SMILES string of the molecule is CCc1ccc2c(c1)CCc1c(-c3noc4c3CCc3cc(OC)ccc3-4)noc1-2. The fraction of sp³-hybridized carbons (Fsp3) is 0.280. The Morgan fingerprint density at radius 1 is 0.800 bits per heavy atom. The minimum Gasteiger partial charge on any atom is -0.497 e. The summed E-state index contributed by atoms with van der Waals surface area (Å²) in [6.07, 6.45) is 4.74. The molecule has 0 atom stereocenters. The first kappa shape index (κ1) is 17.5. The Labute approximate surface area is 174 Å². The van der Waals surface area contributed by atoms with Gasteiger partial charge in [-0.2, -0.15) is 0 Å². The van der Waals surface area contributed by atoms with E-state index < -0.39 is 0 Å². The van der Waals surface area contributed by atoms with Crippen LogP contribution in [0.25, 0.3) is 34.0 Å². The van der Waals surface area contributed by atoms with E-state index in [9.17, 15) is 0 Å². The first-order valence-corrected chi connectivity index (χ1v) is 10.5. The van der Waals surface area contributed by atoms with Gasteiger partial charge in [-0.05, 0) is 67.0 Å². The van der Waals surface area contributed by atoms with E-state index in [1.54, 1.807) is 7.11 Å². The third-order valence-electron chi connectivity index (χ3n) is 6.47. The van der Waals surface area contributed by atoms with E-state index in [0.717, 1.165) is 83.0 Å². The molecule has 0 saturated carbocycles.